The Bertz CT molecular complexity index is 170. The van der Waals surface area contributed by atoms with Crippen LogP contribution >= 0.6 is 0 Å². The molecule has 2 aliphatic carbocycles. The molecule has 0 nitrogen and oxygen atoms in total. The molecule has 0 radical (unpaired) electrons. The fourth-order valence-corrected chi connectivity index (χ4v) is 1.38. The molecule has 0 unspecified atom stereocenters. The SMILES string of the molecule is CC(C)C.CC1(C)CC1.CCC.CCC1(C)CCC1. The van der Waals surface area contributed by atoms with Crippen LogP contribution in [0.5, 0.6) is 0 Å². The predicted octanol–water partition coefficient (Wildman–Crippen LogP) is 7.47. The molecule has 0 bridgehead atoms. The molecule has 0 spiro atoms. The second kappa shape index (κ2) is 10.7. The lowest BCUT2D eigenvalue weighted by molar-refractivity contribution is 0.155. The van der Waals surface area contributed by atoms with Crippen molar-refractivity contribution < 1.29 is 0 Å². The van der Waals surface area contributed by atoms with Crippen LogP contribution in [0, 0.1) is 16.7 Å². The third-order valence-corrected chi connectivity index (χ3v) is 3.66. The van der Waals surface area contributed by atoms with Gasteiger partial charge in [0.15, 0.2) is 0 Å². The van der Waals surface area contributed by atoms with E-state index in [9.17, 15) is 0 Å². The first-order valence-electron chi connectivity index (χ1n) is 8.62. The number of rotatable bonds is 1. The molecule has 2 aliphatic rings. The maximum absolute atomic E-state index is 2.39. The van der Waals surface area contributed by atoms with Crippen molar-refractivity contribution in [3.8, 4) is 0 Å². The molecule has 118 valence electrons. The minimum atomic E-state index is 0.750. The Balaban J connectivity index is 0. The van der Waals surface area contributed by atoms with Gasteiger partial charge in [-0.2, -0.15) is 0 Å². The van der Waals surface area contributed by atoms with Crippen LogP contribution < -0.4 is 0 Å². The van der Waals surface area contributed by atoms with Gasteiger partial charge >= 0.3 is 0 Å². The van der Waals surface area contributed by atoms with Crippen LogP contribution in [0.25, 0.3) is 0 Å². The highest BCUT2D eigenvalue weighted by molar-refractivity contribution is 4.82. The van der Waals surface area contributed by atoms with Crippen LogP contribution in [-0.4, -0.2) is 0 Å². The fourth-order valence-electron chi connectivity index (χ4n) is 1.38. The van der Waals surface area contributed by atoms with Crippen molar-refractivity contribution in [2.45, 2.75) is 107 Å². The Kier molecular flexibility index (Phi) is 12.0. The average molecular weight is 271 g/mol. The van der Waals surface area contributed by atoms with Gasteiger partial charge in [0.05, 0.1) is 0 Å². The molecule has 0 amide bonds. The summed E-state index contributed by atoms with van der Waals surface area (Å²) in [6.45, 7) is 20.0. The van der Waals surface area contributed by atoms with Gasteiger partial charge in [-0.15, -0.1) is 0 Å². The summed E-state index contributed by atoms with van der Waals surface area (Å²) in [7, 11) is 0. The van der Waals surface area contributed by atoms with Crippen molar-refractivity contribution in [2.24, 2.45) is 16.7 Å². The molecular formula is C19H42. The molecule has 2 fully saturated rings. The summed E-state index contributed by atoms with van der Waals surface area (Å²) in [5.41, 5.74) is 1.51. The molecular weight excluding hydrogens is 228 g/mol. The van der Waals surface area contributed by atoms with Crippen LogP contribution in [0.1, 0.15) is 107 Å². The maximum atomic E-state index is 2.39. The molecule has 0 aromatic rings. The second-order valence-corrected chi connectivity index (χ2v) is 8.12. The van der Waals surface area contributed by atoms with Gasteiger partial charge in [-0.25, -0.2) is 0 Å². The predicted molar refractivity (Wildman–Crippen MR) is 91.7 cm³/mol. The van der Waals surface area contributed by atoms with Gasteiger partial charge in [-0.1, -0.05) is 81.6 Å². The zero-order chi connectivity index (χ0) is 15.5. The summed E-state index contributed by atoms with van der Waals surface area (Å²) in [4.78, 5) is 0. The van der Waals surface area contributed by atoms with Crippen molar-refractivity contribution in [1.29, 1.82) is 0 Å². The first-order valence-corrected chi connectivity index (χ1v) is 8.62. The minimum absolute atomic E-state index is 0.750. The van der Waals surface area contributed by atoms with Crippen molar-refractivity contribution in [1.82, 2.24) is 0 Å². The first kappa shape index (κ1) is 21.3. The molecule has 0 saturated heterocycles. The van der Waals surface area contributed by atoms with Crippen LogP contribution in [0.4, 0.5) is 0 Å². The van der Waals surface area contributed by atoms with E-state index < -0.39 is 0 Å². The van der Waals surface area contributed by atoms with Gasteiger partial charge in [0.25, 0.3) is 0 Å². The lowest BCUT2D eigenvalue weighted by Gasteiger charge is -2.37. The average Bonchev–Trinajstić information content (AvgIpc) is 2.92. The Labute approximate surface area is 124 Å². The summed E-state index contributed by atoms with van der Waals surface area (Å²) >= 11 is 0. The van der Waals surface area contributed by atoms with Gasteiger partial charge in [0, 0.05) is 0 Å². The summed E-state index contributed by atoms with van der Waals surface area (Å²) in [5.74, 6) is 0.833. The Morgan fingerprint density at radius 1 is 0.789 bits per heavy atom. The maximum Gasteiger partial charge on any atom is -0.0328 e. The van der Waals surface area contributed by atoms with Gasteiger partial charge in [-0.3, -0.25) is 0 Å². The third kappa shape index (κ3) is 18.0. The largest absolute Gasteiger partial charge is 0.0656 e. The molecule has 0 heterocycles. The van der Waals surface area contributed by atoms with Crippen molar-refractivity contribution >= 4 is 0 Å². The molecule has 0 heteroatoms. The standard InChI is InChI=1S/C7H14.C5H10.C4H10.C3H8/c1-3-7(2)5-4-6-7;1-5(2)3-4-5;1-4(2)3;1-3-2/h3-6H2,1-2H3;3-4H2,1-2H3;4H,1-3H3;3H2,1-2H3. The van der Waals surface area contributed by atoms with E-state index in [1.165, 1.54) is 44.9 Å². The van der Waals surface area contributed by atoms with Crippen LogP contribution in [-0.2, 0) is 0 Å². The molecule has 2 rings (SSSR count). The number of hydrogen-bond donors (Lipinski definition) is 0. The van der Waals surface area contributed by atoms with Crippen molar-refractivity contribution in [2.75, 3.05) is 0 Å². The van der Waals surface area contributed by atoms with Gasteiger partial charge < -0.3 is 0 Å². The minimum Gasteiger partial charge on any atom is -0.0656 e. The Morgan fingerprint density at radius 3 is 1.05 bits per heavy atom. The van der Waals surface area contributed by atoms with E-state index in [0.717, 1.165) is 16.7 Å². The van der Waals surface area contributed by atoms with Crippen LogP contribution in [0.3, 0.4) is 0 Å². The zero-order valence-corrected chi connectivity index (χ0v) is 15.5. The van der Waals surface area contributed by atoms with Gasteiger partial charge in [0.2, 0.25) is 0 Å². The van der Waals surface area contributed by atoms with Gasteiger partial charge in [-0.05, 0) is 42.4 Å². The molecule has 0 aliphatic heterocycles. The smallest absolute Gasteiger partial charge is 0.0328 e. The molecule has 19 heavy (non-hydrogen) atoms. The summed E-state index contributed by atoms with van der Waals surface area (Å²) < 4.78 is 0. The lowest BCUT2D eigenvalue weighted by atomic mass is 9.69. The Morgan fingerprint density at radius 2 is 1.05 bits per heavy atom. The molecule has 0 aromatic carbocycles. The summed E-state index contributed by atoms with van der Waals surface area (Å²) in [6, 6.07) is 0. The highest BCUT2D eigenvalue weighted by Gasteiger charge is 2.30. The third-order valence-electron chi connectivity index (χ3n) is 3.66. The molecule has 0 aromatic heterocycles. The van der Waals surface area contributed by atoms with Crippen LogP contribution in [0.2, 0.25) is 0 Å². The topological polar surface area (TPSA) is 0 Å². The highest BCUT2D eigenvalue weighted by Crippen LogP contribution is 2.43. The van der Waals surface area contributed by atoms with E-state index >= 15 is 0 Å². The van der Waals surface area contributed by atoms with E-state index in [1.54, 1.807) is 0 Å². The van der Waals surface area contributed by atoms with Crippen molar-refractivity contribution in [3.05, 3.63) is 0 Å². The van der Waals surface area contributed by atoms with Crippen LogP contribution in [0.15, 0.2) is 0 Å². The summed E-state index contributed by atoms with van der Waals surface area (Å²) in [5, 5.41) is 0. The van der Waals surface area contributed by atoms with Crippen molar-refractivity contribution in [3.63, 3.8) is 0 Å². The van der Waals surface area contributed by atoms with E-state index in [4.69, 9.17) is 0 Å². The second-order valence-electron chi connectivity index (χ2n) is 8.12. The molecule has 0 atom stereocenters. The molecule has 2 saturated carbocycles. The summed E-state index contributed by atoms with van der Waals surface area (Å²) in [6.07, 6.45) is 9.96. The lowest BCUT2D eigenvalue weighted by Crippen LogP contribution is -2.23. The van der Waals surface area contributed by atoms with Gasteiger partial charge in [0.1, 0.15) is 0 Å². The number of hydrogen-bond acceptors (Lipinski definition) is 0. The quantitative estimate of drug-likeness (QED) is 0.463. The monoisotopic (exact) mass is 270 g/mol. The van der Waals surface area contributed by atoms with E-state index in [2.05, 4.69) is 62.3 Å². The normalized spacial score (nSPS) is 20.5. The van der Waals surface area contributed by atoms with E-state index in [0.29, 0.717) is 0 Å². The van der Waals surface area contributed by atoms with E-state index in [1.807, 2.05) is 0 Å². The first-order chi connectivity index (χ1) is 8.62. The Hall–Kier alpha value is 0. The highest BCUT2D eigenvalue weighted by atomic mass is 14.4. The van der Waals surface area contributed by atoms with E-state index in [-0.39, 0.29) is 0 Å². The molecule has 0 N–H and O–H groups in total. The zero-order valence-electron chi connectivity index (χ0n) is 15.5. The fraction of sp³-hybridized carbons (Fsp3) is 1.00.